The van der Waals surface area contributed by atoms with Gasteiger partial charge in [0.25, 0.3) is 0 Å². The second kappa shape index (κ2) is 13.6. The molecule has 222 valence electrons. The average Bonchev–Trinajstić information content (AvgIpc) is 3.97. The number of para-hydroxylation sites is 1. The van der Waals surface area contributed by atoms with E-state index in [2.05, 4.69) is 72.0 Å². The first-order valence-corrected chi connectivity index (χ1v) is 16.6. The number of nitrogens with zero attached hydrogens (tertiary/aromatic N) is 2. The van der Waals surface area contributed by atoms with Crippen molar-refractivity contribution in [3.05, 3.63) is 77.6 Å². The van der Waals surface area contributed by atoms with Crippen LogP contribution in [0.3, 0.4) is 0 Å². The molecule has 0 atom stereocenters. The van der Waals surface area contributed by atoms with Gasteiger partial charge in [-0.3, -0.25) is 9.78 Å². The largest absolute Gasteiger partial charge is 0.490 e. The summed E-state index contributed by atoms with van der Waals surface area (Å²) in [6, 6.07) is 17.8. The van der Waals surface area contributed by atoms with E-state index >= 15 is 0 Å². The van der Waals surface area contributed by atoms with Crippen molar-refractivity contribution in [2.24, 2.45) is 0 Å². The third kappa shape index (κ3) is 7.19. The van der Waals surface area contributed by atoms with Crippen LogP contribution in [0.2, 0.25) is 0 Å². The van der Waals surface area contributed by atoms with Crippen LogP contribution in [0.1, 0.15) is 68.1 Å². The van der Waals surface area contributed by atoms with Gasteiger partial charge in [-0.2, -0.15) is 0 Å². The van der Waals surface area contributed by atoms with E-state index in [0.29, 0.717) is 12.1 Å². The van der Waals surface area contributed by atoms with Crippen molar-refractivity contribution < 1.29 is 14.3 Å². The molecule has 1 aliphatic heterocycles. The van der Waals surface area contributed by atoms with Crippen molar-refractivity contribution in [2.45, 2.75) is 87.4 Å². The summed E-state index contributed by atoms with van der Waals surface area (Å²) in [4.78, 5) is 19.4. The van der Waals surface area contributed by atoms with E-state index < -0.39 is 0 Å². The Morgan fingerprint density at radius 3 is 2.69 bits per heavy atom. The van der Waals surface area contributed by atoms with Gasteiger partial charge in [0, 0.05) is 60.7 Å². The maximum atomic E-state index is 11.6. The number of nitrogens with one attached hydrogen (secondary N) is 1. The molecule has 1 saturated heterocycles. The van der Waals surface area contributed by atoms with Crippen LogP contribution in [0.25, 0.3) is 11.1 Å². The zero-order chi connectivity index (χ0) is 28.8. The monoisotopic (exact) mass is 585 g/mol. The fraction of sp³-hybridized carbons (Fsp3) is 0.486. The van der Waals surface area contributed by atoms with Gasteiger partial charge < -0.3 is 19.7 Å². The second-order valence-corrected chi connectivity index (χ2v) is 13.2. The molecule has 2 aromatic carbocycles. The lowest BCUT2D eigenvalue weighted by molar-refractivity contribution is -0.122. The third-order valence-electron chi connectivity index (χ3n) is 8.89. The molecule has 6 nitrogen and oxygen atoms in total. The van der Waals surface area contributed by atoms with Crippen LogP contribution in [-0.2, 0) is 21.6 Å². The highest BCUT2D eigenvalue weighted by atomic mass is 32.2. The van der Waals surface area contributed by atoms with Crippen molar-refractivity contribution in [3.8, 4) is 16.9 Å². The molecule has 7 heteroatoms. The molecule has 3 aromatic rings. The Morgan fingerprint density at radius 1 is 1.07 bits per heavy atom. The maximum Gasteiger partial charge on any atom is 0.209 e. The van der Waals surface area contributed by atoms with Crippen LogP contribution in [0.5, 0.6) is 5.75 Å². The number of amides is 1. The first kappa shape index (κ1) is 29.2. The highest BCUT2D eigenvalue weighted by molar-refractivity contribution is 7.99. The lowest BCUT2D eigenvalue weighted by Crippen LogP contribution is -2.39. The maximum absolute atomic E-state index is 11.6. The van der Waals surface area contributed by atoms with E-state index in [1.807, 2.05) is 22.9 Å². The molecular weight excluding hydrogens is 542 g/mol. The number of thioether (sulfide) groups is 1. The van der Waals surface area contributed by atoms with Crippen LogP contribution in [0, 0.1) is 6.92 Å². The molecular formula is C35H43N3O3S. The Balaban J connectivity index is 1.05. The molecule has 1 aromatic heterocycles. The standard InChI is InChI=1S/C35H43N3O3S/c1-26-8-11-30(42-21-5-4-18-38(25-39)28-13-19-40-20-14-28)22-27(26)23-37-35(15-16-35)33-24-36-17-12-31(33)32-6-2-3-7-34(32)41-29-9-10-29/h2-3,6-8,11-12,17,22,24-25,28-29,37H,4-5,9-10,13-16,18-21,23H2,1H3. The van der Waals surface area contributed by atoms with Crippen LogP contribution in [0.4, 0.5) is 0 Å². The van der Waals surface area contributed by atoms with Gasteiger partial charge in [0.15, 0.2) is 0 Å². The molecule has 2 saturated carbocycles. The molecule has 3 fully saturated rings. The van der Waals surface area contributed by atoms with Crippen molar-refractivity contribution in [3.63, 3.8) is 0 Å². The smallest absolute Gasteiger partial charge is 0.209 e. The van der Waals surface area contributed by atoms with Crippen LogP contribution in [0.15, 0.2) is 65.8 Å². The Kier molecular flexibility index (Phi) is 9.47. The summed E-state index contributed by atoms with van der Waals surface area (Å²) in [5.74, 6) is 2.04. The fourth-order valence-electron chi connectivity index (χ4n) is 5.95. The number of pyridine rings is 1. The lowest BCUT2D eigenvalue weighted by atomic mass is 9.94. The SMILES string of the molecule is Cc1ccc(SCCCCN(C=O)C2CCOCC2)cc1CNC1(c2cnccc2-c2ccccc2OC2CC2)CC1. The number of hydrogen-bond acceptors (Lipinski definition) is 6. The normalized spacial score (nSPS) is 18.0. The van der Waals surface area contributed by atoms with E-state index in [-0.39, 0.29) is 5.54 Å². The van der Waals surface area contributed by atoms with Crippen LogP contribution >= 0.6 is 11.8 Å². The average molecular weight is 586 g/mol. The zero-order valence-corrected chi connectivity index (χ0v) is 25.5. The number of rotatable bonds is 15. The molecule has 2 aliphatic carbocycles. The molecule has 3 aliphatic rings. The quantitative estimate of drug-likeness (QED) is 0.119. The van der Waals surface area contributed by atoms with Crippen molar-refractivity contribution in [2.75, 3.05) is 25.5 Å². The van der Waals surface area contributed by atoms with Gasteiger partial charge in [0.1, 0.15) is 5.75 Å². The number of ether oxygens (including phenoxy) is 2. The van der Waals surface area contributed by atoms with E-state index in [9.17, 15) is 4.79 Å². The Labute approximate surface area is 254 Å². The lowest BCUT2D eigenvalue weighted by Gasteiger charge is -2.31. The van der Waals surface area contributed by atoms with Crippen molar-refractivity contribution >= 4 is 18.2 Å². The van der Waals surface area contributed by atoms with Crippen LogP contribution in [-0.4, -0.2) is 54.0 Å². The number of carbonyl (C=O) groups excluding carboxylic acids is 1. The molecule has 1 amide bonds. The van der Waals surface area contributed by atoms with Gasteiger partial charge in [0.2, 0.25) is 6.41 Å². The Morgan fingerprint density at radius 2 is 1.90 bits per heavy atom. The molecule has 6 rings (SSSR count). The Hall–Kier alpha value is -2.87. The first-order chi connectivity index (χ1) is 20.6. The van der Waals surface area contributed by atoms with Gasteiger partial charge >= 0.3 is 0 Å². The molecule has 2 heterocycles. The van der Waals surface area contributed by atoms with Gasteiger partial charge in [0.05, 0.1) is 6.10 Å². The van der Waals surface area contributed by atoms with E-state index in [4.69, 9.17) is 9.47 Å². The number of unbranched alkanes of at least 4 members (excludes halogenated alkanes) is 1. The number of benzene rings is 2. The molecule has 0 spiro atoms. The molecule has 0 radical (unpaired) electrons. The summed E-state index contributed by atoms with van der Waals surface area (Å²) in [6.45, 7) is 5.41. The summed E-state index contributed by atoms with van der Waals surface area (Å²) >= 11 is 1.92. The van der Waals surface area contributed by atoms with Gasteiger partial charge in [-0.1, -0.05) is 24.3 Å². The van der Waals surface area contributed by atoms with E-state index in [0.717, 1.165) is 101 Å². The second-order valence-electron chi connectivity index (χ2n) is 12.0. The Bertz CT molecular complexity index is 1350. The number of aryl methyl sites for hydroxylation is 1. The molecule has 1 N–H and O–H groups in total. The summed E-state index contributed by atoms with van der Waals surface area (Å²) in [5, 5.41) is 3.94. The third-order valence-corrected chi connectivity index (χ3v) is 9.97. The topological polar surface area (TPSA) is 63.7 Å². The minimum atomic E-state index is -0.0548. The number of carbonyl (C=O) groups is 1. The summed E-state index contributed by atoms with van der Waals surface area (Å²) < 4.78 is 11.7. The zero-order valence-electron chi connectivity index (χ0n) is 24.7. The summed E-state index contributed by atoms with van der Waals surface area (Å²) in [7, 11) is 0. The number of hydrogen-bond donors (Lipinski definition) is 1. The molecule has 42 heavy (non-hydrogen) atoms. The van der Waals surface area contributed by atoms with Gasteiger partial charge in [-0.15, -0.1) is 11.8 Å². The van der Waals surface area contributed by atoms with E-state index in [1.165, 1.54) is 27.1 Å². The first-order valence-electron chi connectivity index (χ1n) is 15.6. The fourth-order valence-corrected chi connectivity index (χ4v) is 6.93. The van der Waals surface area contributed by atoms with Gasteiger partial charge in [-0.05, 0) is 111 Å². The highest BCUT2D eigenvalue weighted by Gasteiger charge is 2.45. The summed E-state index contributed by atoms with van der Waals surface area (Å²) in [6.07, 6.45) is 13.9. The molecule has 0 bridgehead atoms. The number of aromatic nitrogens is 1. The minimum absolute atomic E-state index is 0.0548. The predicted octanol–water partition coefficient (Wildman–Crippen LogP) is 6.89. The molecule has 0 unspecified atom stereocenters. The predicted molar refractivity (Wildman–Crippen MR) is 169 cm³/mol. The van der Waals surface area contributed by atoms with Gasteiger partial charge in [-0.25, -0.2) is 0 Å². The van der Waals surface area contributed by atoms with Crippen molar-refractivity contribution in [1.82, 2.24) is 15.2 Å². The van der Waals surface area contributed by atoms with Crippen molar-refractivity contribution in [1.29, 1.82) is 0 Å². The minimum Gasteiger partial charge on any atom is -0.490 e. The van der Waals surface area contributed by atoms with Crippen LogP contribution < -0.4 is 10.1 Å². The summed E-state index contributed by atoms with van der Waals surface area (Å²) in [5.41, 5.74) is 6.26. The van der Waals surface area contributed by atoms with E-state index in [1.54, 1.807) is 0 Å². The highest BCUT2D eigenvalue weighted by Crippen LogP contribution is 2.50.